The standard InChI is InChI=1S/C15H10ClN/c16-14-6-3-11(4-7-14)12-5-8-15-13(10-12)2-1-9-17-15/h1-10H. The molecule has 2 heteroatoms. The van der Waals surface area contributed by atoms with Crippen molar-refractivity contribution in [2.45, 2.75) is 0 Å². The minimum absolute atomic E-state index is 0.760. The lowest BCUT2D eigenvalue weighted by molar-refractivity contribution is 1.41. The normalized spacial score (nSPS) is 10.6. The van der Waals surface area contributed by atoms with Gasteiger partial charge >= 0.3 is 0 Å². The minimum Gasteiger partial charge on any atom is -0.256 e. The first-order valence-corrected chi connectivity index (χ1v) is 5.81. The molecular weight excluding hydrogens is 230 g/mol. The van der Waals surface area contributed by atoms with Crippen molar-refractivity contribution in [2.75, 3.05) is 0 Å². The van der Waals surface area contributed by atoms with E-state index in [1.54, 1.807) is 0 Å². The highest BCUT2D eigenvalue weighted by Crippen LogP contribution is 2.24. The lowest BCUT2D eigenvalue weighted by Gasteiger charge is -2.03. The molecule has 0 atom stereocenters. The third-order valence-corrected chi connectivity index (χ3v) is 3.03. The summed E-state index contributed by atoms with van der Waals surface area (Å²) in [5.41, 5.74) is 3.37. The maximum atomic E-state index is 5.88. The molecule has 0 bridgehead atoms. The predicted molar refractivity (Wildman–Crippen MR) is 72.2 cm³/mol. The Morgan fingerprint density at radius 2 is 1.59 bits per heavy atom. The molecule has 0 aliphatic carbocycles. The summed E-state index contributed by atoms with van der Waals surface area (Å²) in [6.07, 6.45) is 1.81. The Bertz CT molecular complexity index is 659. The fraction of sp³-hybridized carbons (Fsp3) is 0. The molecule has 2 aromatic carbocycles. The number of aromatic nitrogens is 1. The van der Waals surface area contributed by atoms with Gasteiger partial charge in [-0.05, 0) is 41.5 Å². The number of benzene rings is 2. The van der Waals surface area contributed by atoms with Crippen LogP contribution in [0.3, 0.4) is 0 Å². The highest BCUT2D eigenvalue weighted by atomic mass is 35.5. The molecular formula is C15H10ClN. The zero-order chi connectivity index (χ0) is 11.7. The number of nitrogens with zero attached hydrogens (tertiary/aromatic N) is 1. The highest BCUT2D eigenvalue weighted by Gasteiger charge is 1.99. The molecule has 3 aromatic rings. The minimum atomic E-state index is 0.760. The maximum absolute atomic E-state index is 5.88. The van der Waals surface area contributed by atoms with Crippen molar-refractivity contribution in [2.24, 2.45) is 0 Å². The van der Waals surface area contributed by atoms with Crippen LogP contribution in [-0.2, 0) is 0 Å². The SMILES string of the molecule is Clc1ccc(-c2ccc3ncccc3c2)cc1. The average Bonchev–Trinajstić information content (AvgIpc) is 2.39. The molecule has 1 nitrogen and oxygen atoms in total. The van der Waals surface area contributed by atoms with Gasteiger partial charge in [0.25, 0.3) is 0 Å². The summed E-state index contributed by atoms with van der Waals surface area (Å²) in [5.74, 6) is 0. The molecule has 82 valence electrons. The van der Waals surface area contributed by atoms with Gasteiger partial charge in [0.1, 0.15) is 0 Å². The van der Waals surface area contributed by atoms with Gasteiger partial charge in [-0.25, -0.2) is 0 Å². The van der Waals surface area contributed by atoms with Crippen LogP contribution in [0.5, 0.6) is 0 Å². The van der Waals surface area contributed by atoms with Gasteiger partial charge in [-0.2, -0.15) is 0 Å². The van der Waals surface area contributed by atoms with Crippen molar-refractivity contribution in [1.29, 1.82) is 0 Å². The van der Waals surface area contributed by atoms with Crippen LogP contribution in [0, 0.1) is 0 Å². The van der Waals surface area contributed by atoms with Crippen LogP contribution in [0.2, 0.25) is 5.02 Å². The third kappa shape index (κ3) is 2.02. The van der Waals surface area contributed by atoms with Crippen molar-refractivity contribution in [3.63, 3.8) is 0 Å². The van der Waals surface area contributed by atoms with Crippen LogP contribution in [-0.4, -0.2) is 4.98 Å². The number of hydrogen-bond donors (Lipinski definition) is 0. The molecule has 0 N–H and O–H groups in total. The van der Waals surface area contributed by atoms with Crippen LogP contribution < -0.4 is 0 Å². The quantitative estimate of drug-likeness (QED) is 0.607. The smallest absolute Gasteiger partial charge is 0.0702 e. The Hall–Kier alpha value is -1.86. The molecule has 0 radical (unpaired) electrons. The van der Waals surface area contributed by atoms with Gasteiger partial charge in [0.2, 0.25) is 0 Å². The Morgan fingerprint density at radius 3 is 2.41 bits per heavy atom. The first kappa shape index (κ1) is 10.3. The summed E-state index contributed by atoms with van der Waals surface area (Å²) in [4.78, 5) is 4.31. The van der Waals surface area contributed by atoms with Gasteiger partial charge in [0, 0.05) is 16.6 Å². The van der Waals surface area contributed by atoms with Gasteiger partial charge in [0.05, 0.1) is 5.52 Å². The Kier molecular flexibility index (Phi) is 2.54. The van der Waals surface area contributed by atoms with E-state index in [2.05, 4.69) is 23.2 Å². The van der Waals surface area contributed by atoms with Crippen LogP contribution in [0.25, 0.3) is 22.0 Å². The van der Waals surface area contributed by atoms with E-state index in [0.29, 0.717) is 0 Å². The summed E-state index contributed by atoms with van der Waals surface area (Å²) in [7, 11) is 0. The van der Waals surface area contributed by atoms with E-state index in [0.717, 1.165) is 15.9 Å². The summed E-state index contributed by atoms with van der Waals surface area (Å²) >= 11 is 5.88. The zero-order valence-corrected chi connectivity index (χ0v) is 9.85. The molecule has 0 saturated heterocycles. The first-order chi connectivity index (χ1) is 8.33. The largest absolute Gasteiger partial charge is 0.256 e. The van der Waals surface area contributed by atoms with E-state index in [1.165, 1.54) is 11.1 Å². The van der Waals surface area contributed by atoms with Gasteiger partial charge in [-0.3, -0.25) is 4.98 Å². The summed E-state index contributed by atoms with van der Waals surface area (Å²) < 4.78 is 0. The second kappa shape index (κ2) is 4.19. The number of halogens is 1. The summed E-state index contributed by atoms with van der Waals surface area (Å²) in [6.45, 7) is 0. The molecule has 1 aromatic heterocycles. The molecule has 1 heterocycles. The molecule has 0 spiro atoms. The number of rotatable bonds is 1. The van der Waals surface area contributed by atoms with Crippen molar-refractivity contribution in [3.05, 3.63) is 65.8 Å². The number of fused-ring (bicyclic) bond motifs is 1. The van der Waals surface area contributed by atoms with Crippen molar-refractivity contribution < 1.29 is 0 Å². The van der Waals surface area contributed by atoms with Gasteiger partial charge in [-0.15, -0.1) is 0 Å². The average molecular weight is 240 g/mol. The predicted octanol–water partition coefficient (Wildman–Crippen LogP) is 4.56. The van der Waals surface area contributed by atoms with Crippen molar-refractivity contribution in [3.8, 4) is 11.1 Å². The molecule has 3 rings (SSSR count). The molecule has 0 saturated carbocycles. The lowest BCUT2D eigenvalue weighted by atomic mass is 10.0. The van der Waals surface area contributed by atoms with E-state index in [1.807, 2.05) is 42.6 Å². The lowest BCUT2D eigenvalue weighted by Crippen LogP contribution is -1.80. The second-order valence-corrected chi connectivity index (χ2v) is 4.35. The van der Waals surface area contributed by atoms with E-state index in [9.17, 15) is 0 Å². The van der Waals surface area contributed by atoms with E-state index in [-0.39, 0.29) is 0 Å². The van der Waals surface area contributed by atoms with Crippen LogP contribution in [0.4, 0.5) is 0 Å². The Balaban J connectivity index is 2.14. The van der Waals surface area contributed by atoms with Crippen LogP contribution in [0.15, 0.2) is 60.8 Å². The van der Waals surface area contributed by atoms with Crippen LogP contribution in [0.1, 0.15) is 0 Å². The summed E-state index contributed by atoms with van der Waals surface area (Å²) in [5, 5.41) is 1.91. The van der Waals surface area contributed by atoms with E-state index >= 15 is 0 Å². The van der Waals surface area contributed by atoms with Crippen molar-refractivity contribution in [1.82, 2.24) is 4.98 Å². The molecule has 17 heavy (non-hydrogen) atoms. The fourth-order valence-electron chi connectivity index (χ4n) is 1.90. The van der Waals surface area contributed by atoms with Gasteiger partial charge in [-0.1, -0.05) is 35.9 Å². The molecule has 0 amide bonds. The molecule has 0 unspecified atom stereocenters. The highest BCUT2D eigenvalue weighted by molar-refractivity contribution is 6.30. The summed E-state index contributed by atoms with van der Waals surface area (Å²) in [6, 6.07) is 18.2. The number of pyridine rings is 1. The number of hydrogen-bond acceptors (Lipinski definition) is 1. The fourth-order valence-corrected chi connectivity index (χ4v) is 2.02. The molecule has 0 fully saturated rings. The molecule has 0 aliphatic heterocycles. The zero-order valence-electron chi connectivity index (χ0n) is 9.10. The Morgan fingerprint density at radius 1 is 0.824 bits per heavy atom. The van der Waals surface area contributed by atoms with Gasteiger partial charge < -0.3 is 0 Å². The Labute approximate surface area is 105 Å². The topological polar surface area (TPSA) is 12.9 Å². The molecule has 0 aliphatic rings. The van der Waals surface area contributed by atoms with E-state index in [4.69, 9.17) is 11.6 Å². The van der Waals surface area contributed by atoms with Crippen molar-refractivity contribution >= 4 is 22.5 Å². The maximum Gasteiger partial charge on any atom is 0.0702 e. The van der Waals surface area contributed by atoms with Crippen LogP contribution >= 0.6 is 11.6 Å². The first-order valence-electron chi connectivity index (χ1n) is 5.44. The van der Waals surface area contributed by atoms with Gasteiger partial charge in [0.15, 0.2) is 0 Å². The second-order valence-electron chi connectivity index (χ2n) is 3.92. The van der Waals surface area contributed by atoms with E-state index < -0.39 is 0 Å². The monoisotopic (exact) mass is 239 g/mol. The third-order valence-electron chi connectivity index (χ3n) is 2.78.